The topological polar surface area (TPSA) is 9.23 Å². The van der Waals surface area contributed by atoms with E-state index in [0.29, 0.717) is 0 Å². The van der Waals surface area contributed by atoms with E-state index in [1.54, 1.807) is 7.11 Å². The maximum Gasteiger partial charge on any atom is 0.118 e. The maximum absolute atomic E-state index is 5.22. The highest BCUT2D eigenvalue weighted by atomic mass is 127. The number of methoxy groups -OCH3 is 1. The molecule has 0 N–H and O–H groups in total. The third-order valence-corrected chi connectivity index (χ3v) is 7.66. The Bertz CT molecular complexity index is 708. The van der Waals surface area contributed by atoms with Crippen LogP contribution in [0.5, 0.6) is 5.75 Å². The minimum atomic E-state index is 0.914. The predicted octanol–water partition coefficient (Wildman–Crippen LogP) is 6.24. The van der Waals surface area contributed by atoms with E-state index in [4.69, 9.17) is 4.74 Å². The lowest BCUT2D eigenvalue weighted by Gasteiger charge is -2.20. The Morgan fingerprint density at radius 2 is 1.95 bits per heavy atom. The lowest BCUT2D eigenvalue weighted by Crippen LogP contribution is -1.97. The molecule has 1 heterocycles. The summed E-state index contributed by atoms with van der Waals surface area (Å²) in [6.07, 6.45) is 0. The van der Waals surface area contributed by atoms with Crippen molar-refractivity contribution in [2.24, 2.45) is 0 Å². The number of fused-ring (bicyclic) bond motifs is 1. The summed E-state index contributed by atoms with van der Waals surface area (Å²) < 4.78 is 6.63. The smallest absolute Gasteiger partial charge is 0.118 e. The van der Waals surface area contributed by atoms with E-state index < -0.39 is 0 Å². The molecule has 0 amide bonds. The number of thioether (sulfide) groups is 2. The van der Waals surface area contributed by atoms with Gasteiger partial charge >= 0.3 is 0 Å². The molecule has 0 aliphatic carbocycles. The number of aryl methyl sites for hydroxylation is 1. The van der Waals surface area contributed by atoms with E-state index in [0.717, 1.165) is 17.3 Å². The minimum Gasteiger partial charge on any atom is -0.497 e. The van der Waals surface area contributed by atoms with Crippen molar-refractivity contribution >= 4 is 51.0 Å². The van der Waals surface area contributed by atoms with Gasteiger partial charge in [0.25, 0.3) is 0 Å². The maximum atomic E-state index is 5.22. The van der Waals surface area contributed by atoms with Crippen molar-refractivity contribution in [3.8, 4) is 5.75 Å². The first-order chi connectivity index (χ1) is 10.7. The quantitative estimate of drug-likeness (QED) is 0.521. The Hall–Kier alpha value is -0.590. The lowest BCUT2D eigenvalue weighted by atomic mass is 10.1. The van der Waals surface area contributed by atoms with Crippen LogP contribution in [0.2, 0.25) is 0 Å². The molecule has 4 heteroatoms. The summed E-state index contributed by atoms with van der Waals surface area (Å²) >= 11 is 6.36. The van der Waals surface area contributed by atoms with Crippen molar-refractivity contribution in [3.05, 3.63) is 67.6 Å². The Balaban J connectivity index is 1.80. The number of rotatable bonds is 4. The SMILES string of the molecule is COc1ccc(CSC2=C(I)SCc3ccc(C)cc32)cc1. The fourth-order valence-corrected chi connectivity index (χ4v) is 5.67. The van der Waals surface area contributed by atoms with E-state index in [1.165, 1.54) is 30.1 Å². The molecule has 1 nitrogen and oxygen atoms in total. The standard InChI is InChI=1S/C18H17IOS2/c1-12-3-6-14-11-22-18(19)17(16(14)9-12)21-10-13-4-7-15(20-2)8-5-13/h3-9H,10-11H2,1-2H3. The monoisotopic (exact) mass is 440 g/mol. The van der Waals surface area contributed by atoms with E-state index in [-0.39, 0.29) is 0 Å². The zero-order chi connectivity index (χ0) is 15.5. The highest BCUT2D eigenvalue weighted by Gasteiger charge is 2.18. The van der Waals surface area contributed by atoms with Crippen molar-refractivity contribution in [3.63, 3.8) is 0 Å². The second kappa shape index (κ2) is 7.32. The highest BCUT2D eigenvalue weighted by molar-refractivity contribution is 14.1. The summed E-state index contributed by atoms with van der Waals surface area (Å²) in [4.78, 5) is 1.42. The zero-order valence-corrected chi connectivity index (χ0v) is 16.3. The first-order valence-electron chi connectivity index (χ1n) is 7.05. The molecule has 2 aromatic rings. The Labute approximate surface area is 154 Å². The molecular weight excluding hydrogens is 423 g/mol. The molecule has 1 aliphatic rings. The fraction of sp³-hybridized carbons (Fsp3) is 0.222. The van der Waals surface area contributed by atoms with Crippen molar-refractivity contribution in [1.82, 2.24) is 0 Å². The van der Waals surface area contributed by atoms with Crippen LogP contribution in [0.3, 0.4) is 0 Å². The Kier molecular flexibility index (Phi) is 5.42. The minimum absolute atomic E-state index is 0.914. The average Bonchev–Trinajstić information content (AvgIpc) is 2.54. The van der Waals surface area contributed by atoms with E-state index in [1.807, 2.05) is 35.7 Å². The van der Waals surface area contributed by atoms with Gasteiger partial charge in [-0.3, -0.25) is 0 Å². The summed E-state index contributed by atoms with van der Waals surface area (Å²) in [5.41, 5.74) is 5.53. The van der Waals surface area contributed by atoms with Crippen LogP contribution < -0.4 is 4.74 Å². The van der Waals surface area contributed by atoms with Crippen LogP contribution >= 0.6 is 46.1 Å². The van der Waals surface area contributed by atoms with Crippen molar-refractivity contribution < 1.29 is 4.74 Å². The first kappa shape index (κ1) is 16.3. The second-order valence-electron chi connectivity index (χ2n) is 5.19. The number of benzene rings is 2. The summed E-state index contributed by atoms with van der Waals surface area (Å²) in [6, 6.07) is 15.2. The van der Waals surface area contributed by atoms with Crippen LogP contribution in [0.1, 0.15) is 22.3 Å². The number of halogens is 1. The molecule has 0 fully saturated rings. The average molecular weight is 440 g/mol. The van der Waals surface area contributed by atoms with Crippen LogP contribution in [0, 0.1) is 6.92 Å². The van der Waals surface area contributed by atoms with Gasteiger partial charge in [0.1, 0.15) is 5.75 Å². The van der Waals surface area contributed by atoms with Crippen molar-refractivity contribution in [2.75, 3.05) is 7.11 Å². The van der Waals surface area contributed by atoms with Gasteiger partial charge in [0.15, 0.2) is 0 Å². The molecule has 0 saturated heterocycles. The van der Waals surface area contributed by atoms with Gasteiger partial charge in [-0.05, 0) is 58.3 Å². The predicted molar refractivity (Wildman–Crippen MR) is 108 cm³/mol. The van der Waals surface area contributed by atoms with Gasteiger partial charge in [0.2, 0.25) is 0 Å². The van der Waals surface area contributed by atoms with Crippen LogP contribution in [0.15, 0.2) is 45.4 Å². The third kappa shape index (κ3) is 3.66. The van der Waals surface area contributed by atoms with Crippen LogP contribution in [0.25, 0.3) is 4.91 Å². The van der Waals surface area contributed by atoms with Crippen molar-refractivity contribution in [1.29, 1.82) is 0 Å². The van der Waals surface area contributed by atoms with E-state index >= 15 is 0 Å². The van der Waals surface area contributed by atoms with E-state index in [2.05, 4.69) is 59.8 Å². The molecule has 22 heavy (non-hydrogen) atoms. The molecule has 0 saturated carbocycles. The number of hydrogen-bond acceptors (Lipinski definition) is 3. The van der Waals surface area contributed by atoms with Gasteiger partial charge in [-0.15, -0.1) is 23.5 Å². The highest BCUT2D eigenvalue weighted by Crippen LogP contribution is 2.47. The molecule has 0 bridgehead atoms. The van der Waals surface area contributed by atoms with Gasteiger partial charge < -0.3 is 4.74 Å². The largest absolute Gasteiger partial charge is 0.497 e. The second-order valence-corrected chi connectivity index (χ2v) is 8.97. The molecule has 0 spiro atoms. The molecule has 114 valence electrons. The molecule has 1 aliphatic heterocycles. The third-order valence-electron chi connectivity index (χ3n) is 3.59. The van der Waals surface area contributed by atoms with Crippen molar-refractivity contribution in [2.45, 2.75) is 18.4 Å². The first-order valence-corrected chi connectivity index (χ1v) is 10.1. The van der Waals surface area contributed by atoms with Crippen LogP contribution in [0.4, 0.5) is 0 Å². The molecular formula is C18H17IOS2. The molecule has 2 aromatic carbocycles. The summed E-state index contributed by atoms with van der Waals surface area (Å²) in [5.74, 6) is 2.98. The molecule has 0 radical (unpaired) electrons. The van der Waals surface area contributed by atoms with E-state index in [9.17, 15) is 0 Å². The number of hydrogen-bond donors (Lipinski definition) is 0. The summed E-state index contributed by atoms with van der Waals surface area (Å²) in [6.45, 7) is 2.17. The zero-order valence-electron chi connectivity index (χ0n) is 12.6. The summed E-state index contributed by atoms with van der Waals surface area (Å²) in [5, 5.41) is 0. The van der Waals surface area contributed by atoms with Crippen LogP contribution in [-0.4, -0.2) is 7.11 Å². The molecule has 0 unspecified atom stereocenters. The lowest BCUT2D eigenvalue weighted by molar-refractivity contribution is 0.414. The molecule has 0 aromatic heterocycles. The molecule has 0 atom stereocenters. The summed E-state index contributed by atoms with van der Waals surface area (Å²) in [7, 11) is 1.70. The van der Waals surface area contributed by atoms with Gasteiger partial charge in [-0.25, -0.2) is 0 Å². The Morgan fingerprint density at radius 1 is 1.18 bits per heavy atom. The Morgan fingerprint density at radius 3 is 2.68 bits per heavy atom. The number of ether oxygens (including phenoxy) is 1. The normalized spacial score (nSPS) is 14.0. The van der Waals surface area contributed by atoms with Gasteiger partial charge in [0, 0.05) is 16.4 Å². The fourth-order valence-electron chi connectivity index (χ4n) is 2.35. The molecule has 3 rings (SSSR count). The van der Waals surface area contributed by atoms with Gasteiger partial charge in [-0.1, -0.05) is 35.9 Å². The van der Waals surface area contributed by atoms with Gasteiger partial charge in [0.05, 0.1) is 10.0 Å². The van der Waals surface area contributed by atoms with Gasteiger partial charge in [-0.2, -0.15) is 0 Å². The van der Waals surface area contributed by atoms with Crippen LogP contribution in [-0.2, 0) is 11.5 Å².